The van der Waals surface area contributed by atoms with Crippen LogP contribution in [0.25, 0.3) is 11.4 Å². The molecule has 1 saturated carbocycles. The molecular weight excluding hydrogens is 408 g/mol. The van der Waals surface area contributed by atoms with E-state index >= 15 is 0 Å². The average Bonchev–Trinajstić information content (AvgIpc) is 2.82. The summed E-state index contributed by atoms with van der Waals surface area (Å²) in [6.07, 6.45) is 11.5. The minimum Gasteiger partial charge on any atom is -0.336 e. The molecule has 0 bridgehead atoms. The fourth-order valence-corrected chi connectivity index (χ4v) is 5.58. The van der Waals surface area contributed by atoms with Crippen molar-refractivity contribution in [2.75, 3.05) is 6.54 Å². The van der Waals surface area contributed by atoms with Crippen LogP contribution in [-0.2, 0) is 6.42 Å². The van der Waals surface area contributed by atoms with E-state index in [1.165, 1.54) is 19.3 Å². The van der Waals surface area contributed by atoms with Crippen molar-refractivity contribution in [3.63, 3.8) is 0 Å². The van der Waals surface area contributed by atoms with Gasteiger partial charge in [0.25, 0.3) is 5.91 Å². The third-order valence-electron chi connectivity index (χ3n) is 7.56. The summed E-state index contributed by atoms with van der Waals surface area (Å²) in [5.41, 5.74) is 5.21. The molecule has 1 aliphatic heterocycles. The molecule has 33 heavy (non-hydrogen) atoms. The van der Waals surface area contributed by atoms with Gasteiger partial charge in [-0.1, -0.05) is 30.2 Å². The molecule has 3 aromatic rings. The van der Waals surface area contributed by atoms with Crippen molar-refractivity contribution in [3.05, 3.63) is 77.4 Å². The Balaban J connectivity index is 1.43. The predicted molar refractivity (Wildman–Crippen MR) is 130 cm³/mol. The lowest BCUT2D eigenvalue weighted by atomic mass is 9.61. The molecule has 0 radical (unpaired) electrons. The fourth-order valence-electron chi connectivity index (χ4n) is 5.58. The van der Waals surface area contributed by atoms with Crippen molar-refractivity contribution in [2.24, 2.45) is 5.41 Å². The number of hydrogen-bond acceptors (Lipinski definition) is 4. The van der Waals surface area contributed by atoms with Crippen LogP contribution in [0.5, 0.6) is 0 Å². The number of benzene rings is 1. The summed E-state index contributed by atoms with van der Waals surface area (Å²) in [6.45, 7) is 4.90. The summed E-state index contributed by atoms with van der Waals surface area (Å²) in [5.74, 6) is 0.714. The highest BCUT2D eigenvalue weighted by Gasteiger charge is 2.45. The second-order valence-corrected chi connectivity index (χ2v) is 9.89. The Labute approximate surface area is 196 Å². The summed E-state index contributed by atoms with van der Waals surface area (Å²) in [5, 5.41) is 0. The Bertz CT molecular complexity index is 1140. The Kier molecular flexibility index (Phi) is 5.96. The normalized spacial score (nSPS) is 19.3. The molecule has 3 heterocycles. The van der Waals surface area contributed by atoms with Gasteiger partial charge in [0.15, 0.2) is 5.82 Å². The first-order valence-electron chi connectivity index (χ1n) is 12.1. The molecule has 0 N–H and O–H groups in total. The van der Waals surface area contributed by atoms with Gasteiger partial charge >= 0.3 is 0 Å². The third kappa shape index (κ3) is 4.54. The zero-order chi connectivity index (χ0) is 22.8. The summed E-state index contributed by atoms with van der Waals surface area (Å²) < 4.78 is 0. The van der Waals surface area contributed by atoms with E-state index in [0.717, 1.165) is 54.7 Å². The molecule has 1 saturated heterocycles. The lowest BCUT2D eigenvalue weighted by Gasteiger charge is -2.52. The van der Waals surface area contributed by atoms with E-state index in [1.54, 1.807) is 18.5 Å². The minimum absolute atomic E-state index is 0.109. The van der Waals surface area contributed by atoms with Crippen LogP contribution in [0.15, 0.2) is 54.9 Å². The van der Waals surface area contributed by atoms with Crippen molar-refractivity contribution in [1.29, 1.82) is 0 Å². The molecular formula is C28H32N4O. The highest BCUT2D eigenvalue weighted by molar-refractivity contribution is 6.00. The second-order valence-electron chi connectivity index (χ2n) is 9.89. The van der Waals surface area contributed by atoms with E-state index < -0.39 is 0 Å². The molecule has 2 aromatic heterocycles. The zero-order valence-corrected chi connectivity index (χ0v) is 19.6. The topological polar surface area (TPSA) is 59.0 Å². The van der Waals surface area contributed by atoms with Gasteiger partial charge in [-0.05, 0) is 82.1 Å². The molecule has 1 aromatic carbocycles. The predicted octanol–water partition coefficient (Wildman–Crippen LogP) is 5.56. The van der Waals surface area contributed by atoms with Gasteiger partial charge in [-0.3, -0.25) is 9.78 Å². The number of piperidine rings is 1. The second kappa shape index (κ2) is 9.05. The van der Waals surface area contributed by atoms with Crippen LogP contribution in [0.4, 0.5) is 0 Å². The van der Waals surface area contributed by atoms with Gasteiger partial charge in [0.2, 0.25) is 0 Å². The maximum Gasteiger partial charge on any atom is 0.254 e. The number of carbonyl (C=O) groups is 1. The monoisotopic (exact) mass is 440 g/mol. The molecule has 1 spiro atoms. The Morgan fingerprint density at radius 2 is 1.88 bits per heavy atom. The Hall–Kier alpha value is -3.08. The van der Waals surface area contributed by atoms with E-state index in [2.05, 4.69) is 27.0 Å². The van der Waals surface area contributed by atoms with Gasteiger partial charge in [0, 0.05) is 41.9 Å². The highest BCUT2D eigenvalue weighted by atomic mass is 16.2. The first kappa shape index (κ1) is 21.7. The van der Waals surface area contributed by atoms with Crippen LogP contribution >= 0.6 is 0 Å². The van der Waals surface area contributed by atoms with Crippen LogP contribution in [0.2, 0.25) is 0 Å². The smallest absolute Gasteiger partial charge is 0.254 e. The molecule has 5 heteroatoms. The van der Waals surface area contributed by atoms with E-state index in [1.807, 2.05) is 38.1 Å². The summed E-state index contributed by atoms with van der Waals surface area (Å²) in [7, 11) is 0. The van der Waals surface area contributed by atoms with Crippen LogP contribution in [0.1, 0.15) is 65.8 Å². The molecule has 1 aliphatic carbocycles. The van der Waals surface area contributed by atoms with E-state index in [0.29, 0.717) is 16.8 Å². The summed E-state index contributed by atoms with van der Waals surface area (Å²) >= 11 is 0. The number of amides is 1. The summed E-state index contributed by atoms with van der Waals surface area (Å²) in [6, 6.07) is 14.3. The van der Waals surface area contributed by atoms with Crippen molar-refractivity contribution < 1.29 is 4.79 Å². The third-order valence-corrected chi connectivity index (χ3v) is 7.56. The SMILES string of the molecule is Cc1ccc(-c2ncccn2)c(C(=O)N2CCC3(CCC3)CC2CCc2cccc(C)n2)c1. The van der Waals surface area contributed by atoms with Crippen LogP contribution in [0, 0.1) is 19.3 Å². The van der Waals surface area contributed by atoms with Gasteiger partial charge in [-0.15, -0.1) is 0 Å². The van der Waals surface area contributed by atoms with E-state index in [4.69, 9.17) is 4.98 Å². The molecule has 1 atom stereocenters. The van der Waals surface area contributed by atoms with Crippen LogP contribution < -0.4 is 0 Å². The molecule has 5 nitrogen and oxygen atoms in total. The highest BCUT2D eigenvalue weighted by Crippen LogP contribution is 2.51. The number of aryl methyl sites for hydroxylation is 3. The minimum atomic E-state index is 0.109. The van der Waals surface area contributed by atoms with Gasteiger partial charge in [0.1, 0.15) is 0 Å². The number of rotatable bonds is 5. The number of nitrogens with zero attached hydrogens (tertiary/aromatic N) is 4. The number of carbonyl (C=O) groups excluding carboxylic acids is 1. The molecule has 1 amide bonds. The lowest BCUT2D eigenvalue weighted by molar-refractivity contribution is -0.00216. The number of likely N-dealkylation sites (tertiary alicyclic amines) is 1. The largest absolute Gasteiger partial charge is 0.336 e. The van der Waals surface area contributed by atoms with Gasteiger partial charge in [-0.25, -0.2) is 9.97 Å². The van der Waals surface area contributed by atoms with Gasteiger partial charge < -0.3 is 4.90 Å². The van der Waals surface area contributed by atoms with Crippen LogP contribution in [-0.4, -0.2) is 38.3 Å². The molecule has 2 fully saturated rings. The van der Waals surface area contributed by atoms with Crippen molar-refractivity contribution >= 4 is 5.91 Å². The van der Waals surface area contributed by atoms with E-state index in [9.17, 15) is 4.79 Å². The number of hydrogen-bond donors (Lipinski definition) is 0. The lowest BCUT2D eigenvalue weighted by Crippen LogP contribution is -2.52. The standard InChI is InChI=1S/C28H32N4O/c1-20-8-11-24(26-29-15-5-16-30-26)25(18-20)27(33)32-17-14-28(12-4-13-28)19-23(32)10-9-22-7-3-6-21(2)31-22/h3,5-8,11,15-16,18,23H,4,9-10,12-14,17,19H2,1-2H3. The van der Waals surface area contributed by atoms with Crippen LogP contribution in [0.3, 0.4) is 0 Å². The maximum atomic E-state index is 14.0. The van der Waals surface area contributed by atoms with Crippen molar-refractivity contribution in [2.45, 2.75) is 64.8 Å². The first-order chi connectivity index (χ1) is 16.0. The molecule has 1 unspecified atom stereocenters. The van der Waals surface area contributed by atoms with Crippen molar-refractivity contribution in [1.82, 2.24) is 19.9 Å². The fraction of sp³-hybridized carbons (Fsp3) is 0.429. The molecule has 5 rings (SSSR count). The zero-order valence-electron chi connectivity index (χ0n) is 19.6. The quantitative estimate of drug-likeness (QED) is 0.521. The van der Waals surface area contributed by atoms with E-state index in [-0.39, 0.29) is 11.9 Å². The Morgan fingerprint density at radius 3 is 2.61 bits per heavy atom. The average molecular weight is 441 g/mol. The summed E-state index contributed by atoms with van der Waals surface area (Å²) in [4.78, 5) is 29.7. The van der Waals surface area contributed by atoms with Gasteiger partial charge in [-0.2, -0.15) is 0 Å². The van der Waals surface area contributed by atoms with Crippen molar-refractivity contribution in [3.8, 4) is 11.4 Å². The first-order valence-corrected chi connectivity index (χ1v) is 12.1. The number of aromatic nitrogens is 3. The molecule has 2 aliphatic rings. The Morgan fingerprint density at radius 1 is 1.06 bits per heavy atom. The maximum absolute atomic E-state index is 14.0. The van der Waals surface area contributed by atoms with Gasteiger partial charge in [0.05, 0.1) is 5.56 Å². The number of pyridine rings is 1. The molecule has 170 valence electrons.